The second kappa shape index (κ2) is 8.01. The number of unbranched alkanes of at least 4 members (excludes halogenated alkanes) is 1. The van der Waals surface area contributed by atoms with Crippen LogP contribution in [0.4, 0.5) is 5.82 Å². The molecule has 0 aliphatic rings. The Labute approximate surface area is 123 Å². The highest BCUT2D eigenvalue weighted by molar-refractivity contribution is 5.99. The molecule has 1 heterocycles. The van der Waals surface area contributed by atoms with Gasteiger partial charge in [-0.05, 0) is 22.3 Å². The number of aromatic nitrogens is 2. The van der Waals surface area contributed by atoms with E-state index >= 15 is 0 Å². The van der Waals surface area contributed by atoms with Crippen molar-refractivity contribution in [1.82, 2.24) is 15.8 Å². The minimum absolute atomic E-state index is 0.174. The molecule has 0 fully saturated rings. The zero-order chi connectivity index (χ0) is 14.9. The predicted molar refractivity (Wildman–Crippen MR) is 79.4 cm³/mol. The van der Waals surface area contributed by atoms with Gasteiger partial charge in [-0.2, -0.15) is 0 Å². The fourth-order valence-electron chi connectivity index (χ4n) is 1.60. The molecule has 1 aromatic heterocycles. The SMILES string of the molecule is CCCCONC(=NCc1ccccc1)c1nonc1N. The number of nitrogens with zero attached hydrogens (tertiary/aromatic N) is 3. The fourth-order valence-corrected chi connectivity index (χ4v) is 1.60. The van der Waals surface area contributed by atoms with Crippen LogP contribution in [0.3, 0.4) is 0 Å². The Bertz CT molecular complexity index is 568. The molecule has 0 saturated heterocycles. The lowest BCUT2D eigenvalue weighted by Crippen LogP contribution is -2.26. The van der Waals surface area contributed by atoms with Crippen LogP contribution < -0.4 is 11.2 Å². The Balaban J connectivity index is 2.06. The first-order valence-corrected chi connectivity index (χ1v) is 6.86. The summed E-state index contributed by atoms with van der Waals surface area (Å²) in [4.78, 5) is 9.79. The highest BCUT2D eigenvalue weighted by atomic mass is 16.6. The van der Waals surface area contributed by atoms with E-state index in [2.05, 4.69) is 32.3 Å². The lowest BCUT2D eigenvalue weighted by Gasteiger charge is -2.08. The molecule has 0 aliphatic heterocycles. The lowest BCUT2D eigenvalue weighted by molar-refractivity contribution is 0.0825. The first-order valence-electron chi connectivity index (χ1n) is 6.86. The number of nitrogens with two attached hydrogens (primary N) is 1. The number of rotatable bonds is 7. The Morgan fingerprint density at radius 3 is 2.81 bits per heavy atom. The largest absolute Gasteiger partial charge is 0.379 e. The fraction of sp³-hybridized carbons (Fsp3) is 0.357. The van der Waals surface area contributed by atoms with Crippen LogP contribution in [0.2, 0.25) is 0 Å². The van der Waals surface area contributed by atoms with E-state index < -0.39 is 0 Å². The topological polar surface area (TPSA) is 98.6 Å². The third-order valence-electron chi connectivity index (χ3n) is 2.77. The lowest BCUT2D eigenvalue weighted by atomic mass is 10.2. The summed E-state index contributed by atoms with van der Waals surface area (Å²) in [6.07, 6.45) is 2.00. The van der Waals surface area contributed by atoms with Crippen molar-refractivity contribution in [3.05, 3.63) is 41.6 Å². The summed E-state index contributed by atoms with van der Waals surface area (Å²) < 4.78 is 4.60. The monoisotopic (exact) mass is 289 g/mol. The number of nitrogen functional groups attached to an aromatic ring is 1. The maximum atomic E-state index is 5.70. The smallest absolute Gasteiger partial charge is 0.199 e. The van der Waals surface area contributed by atoms with Crippen molar-refractivity contribution in [3.8, 4) is 0 Å². The van der Waals surface area contributed by atoms with E-state index in [1.165, 1.54) is 0 Å². The van der Waals surface area contributed by atoms with Crippen molar-refractivity contribution in [3.63, 3.8) is 0 Å². The summed E-state index contributed by atoms with van der Waals surface area (Å²) in [5.41, 5.74) is 9.89. The molecule has 0 bridgehead atoms. The number of hydroxylamine groups is 1. The minimum Gasteiger partial charge on any atom is -0.379 e. The second-order valence-corrected chi connectivity index (χ2v) is 4.45. The van der Waals surface area contributed by atoms with Gasteiger partial charge in [-0.15, -0.1) is 0 Å². The summed E-state index contributed by atoms with van der Waals surface area (Å²) in [6.45, 7) is 3.14. The molecule has 0 saturated carbocycles. The molecular formula is C14H19N5O2. The molecular weight excluding hydrogens is 270 g/mol. The molecule has 0 spiro atoms. The van der Waals surface area contributed by atoms with E-state index in [-0.39, 0.29) is 5.82 Å². The molecule has 1 aromatic carbocycles. The van der Waals surface area contributed by atoms with E-state index in [0.29, 0.717) is 24.7 Å². The number of amidine groups is 1. The number of hydrogen-bond donors (Lipinski definition) is 2. The molecule has 7 nitrogen and oxygen atoms in total. The van der Waals surface area contributed by atoms with E-state index in [9.17, 15) is 0 Å². The Morgan fingerprint density at radius 2 is 2.14 bits per heavy atom. The van der Waals surface area contributed by atoms with Crippen LogP contribution in [0.5, 0.6) is 0 Å². The van der Waals surface area contributed by atoms with Gasteiger partial charge in [0.15, 0.2) is 17.3 Å². The predicted octanol–water partition coefficient (Wildman–Crippen LogP) is 1.92. The summed E-state index contributed by atoms with van der Waals surface area (Å²) in [5.74, 6) is 0.585. The van der Waals surface area contributed by atoms with Gasteiger partial charge in [-0.25, -0.2) is 10.1 Å². The molecule has 0 aliphatic carbocycles. The summed E-state index contributed by atoms with van der Waals surface area (Å²) in [5, 5.41) is 7.30. The van der Waals surface area contributed by atoms with Crippen molar-refractivity contribution >= 4 is 11.7 Å². The maximum Gasteiger partial charge on any atom is 0.199 e. The second-order valence-electron chi connectivity index (χ2n) is 4.45. The van der Waals surface area contributed by atoms with Crippen LogP contribution in [-0.2, 0) is 11.4 Å². The van der Waals surface area contributed by atoms with Crippen molar-refractivity contribution < 1.29 is 9.47 Å². The van der Waals surface area contributed by atoms with Gasteiger partial charge in [0.25, 0.3) is 0 Å². The van der Waals surface area contributed by atoms with Gasteiger partial charge < -0.3 is 5.73 Å². The van der Waals surface area contributed by atoms with Crippen molar-refractivity contribution in [2.45, 2.75) is 26.3 Å². The number of aliphatic imine (C=N–C) groups is 1. The van der Waals surface area contributed by atoms with Crippen LogP contribution in [0.1, 0.15) is 31.0 Å². The average molecular weight is 289 g/mol. The zero-order valence-electron chi connectivity index (χ0n) is 12.0. The molecule has 0 atom stereocenters. The third kappa shape index (κ3) is 4.57. The van der Waals surface area contributed by atoms with Crippen molar-refractivity contribution in [1.29, 1.82) is 0 Å². The average Bonchev–Trinajstić information content (AvgIpc) is 2.94. The molecule has 0 radical (unpaired) electrons. The van der Waals surface area contributed by atoms with Gasteiger partial charge in [-0.3, -0.25) is 9.83 Å². The Kier molecular flexibility index (Phi) is 5.71. The van der Waals surface area contributed by atoms with Gasteiger partial charge in [0.05, 0.1) is 13.2 Å². The third-order valence-corrected chi connectivity index (χ3v) is 2.77. The molecule has 21 heavy (non-hydrogen) atoms. The highest BCUT2D eigenvalue weighted by Gasteiger charge is 2.14. The minimum atomic E-state index is 0.174. The van der Waals surface area contributed by atoms with E-state index in [1.54, 1.807) is 0 Å². The van der Waals surface area contributed by atoms with Gasteiger partial charge in [-0.1, -0.05) is 43.7 Å². The summed E-state index contributed by atoms with van der Waals surface area (Å²) in [6, 6.07) is 9.86. The number of hydrogen-bond acceptors (Lipinski definition) is 6. The van der Waals surface area contributed by atoms with E-state index in [1.807, 2.05) is 30.3 Å². The van der Waals surface area contributed by atoms with E-state index in [0.717, 1.165) is 18.4 Å². The number of anilines is 1. The van der Waals surface area contributed by atoms with Crippen LogP contribution in [0.25, 0.3) is 0 Å². The Morgan fingerprint density at radius 1 is 1.33 bits per heavy atom. The maximum absolute atomic E-state index is 5.70. The molecule has 0 unspecified atom stereocenters. The van der Waals surface area contributed by atoms with Gasteiger partial charge in [0, 0.05) is 0 Å². The highest BCUT2D eigenvalue weighted by Crippen LogP contribution is 2.07. The number of nitrogens with one attached hydrogen (secondary N) is 1. The summed E-state index contributed by atoms with van der Waals surface area (Å²) in [7, 11) is 0. The molecule has 112 valence electrons. The van der Waals surface area contributed by atoms with Gasteiger partial charge >= 0.3 is 0 Å². The molecule has 7 heteroatoms. The zero-order valence-corrected chi connectivity index (χ0v) is 12.0. The van der Waals surface area contributed by atoms with Crippen LogP contribution in [-0.4, -0.2) is 22.8 Å². The molecule has 3 N–H and O–H groups in total. The Hall–Kier alpha value is -2.41. The van der Waals surface area contributed by atoms with E-state index in [4.69, 9.17) is 10.6 Å². The standard InChI is InChI=1S/C14H19N5O2/c1-2-3-9-20-19-14(12-13(15)18-21-17-12)16-10-11-7-5-4-6-8-11/h4-8H,2-3,9-10H2,1H3,(H2,15,18)(H,16,19). The van der Waals surface area contributed by atoms with Crippen LogP contribution in [0, 0.1) is 0 Å². The van der Waals surface area contributed by atoms with Gasteiger partial charge in [0.1, 0.15) is 0 Å². The summed E-state index contributed by atoms with van der Waals surface area (Å²) >= 11 is 0. The molecule has 2 rings (SSSR count). The number of benzene rings is 1. The van der Waals surface area contributed by atoms with Gasteiger partial charge in [0.2, 0.25) is 0 Å². The van der Waals surface area contributed by atoms with Crippen LogP contribution in [0.15, 0.2) is 40.0 Å². The van der Waals surface area contributed by atoms with Crippen molar-refractivity contribution in [2.24, 2.45) is 4.99 Å². The van der Waals surface area contributed by atoms with Crippen molar-refractivity contribution in [2.75, 3.05) is 12.3 Å². The quantitative estimate of drug-likeness (QED) is 0.350. The molecule has 0 amide bonds. The first-order chi connectivity index (χ1) is 10.3. The normalized spacial score (nSPS) is 11.6. The van der Waals surface area contributed by atoms with Crippen LogP contribution >= 0.6 is 0 Å². The molecule has 2 aromatic rings. The first kappa shape index (κ1) is 15.0.